The number of amides is 2. The molecule has 0 radical (unpaired) electrons. The van der Waals surface area contributed by atoms with Crippen molar-refractivity contribution in [3.63, 3.8) is 0 Å². The Labute approximate surface area is 127 Å². The molecular weight excluding hydrogens is 278 g/mol. The third-order valence-electron chi connectivity index (χ3n) is 3.17. The number of urea groups is 1. The van der Waals surface area contributed by atoms with E-state index in [2.05, 4.69) is 15.6 Å². The first-order chi connectivity index (χ1) is 10.8. The molecule has 5 nitrogen and oxygen atoms in total. The molecule has 0 unspecified atom stereocenters. The maximum absolute atomic E-state index is 12.0. The molecule has 3 aromatic rings. The van der Waals surface area contributed by atoms with Gasteiger partial charge >= 0.3 is 6.03 Å². The number of pyridine rings is 1. The third-order valence-corrected chi connectivity index (χ3v) is 3.17. The van der Waals surface area contributed by atoms with E-state index >= 15 is 0 Å². The Morgan fingerprint density at radius 1 is 1.00 bits per heavy atom. The number of hydrogen-bond acceptors (Lipinski definition) is 3. The average Bonchev–Trinajstić information content (AvgIpc) is 2.55. The number of rotatable bonds is 3. The summed E-state index contributed by atoms with van der Waals surface area (Å²) >= 11 is 0. The molecule has 0 saturated carbocycles. The van der Waals surface area contributed by atoms with Gasteiger partial charge in [-0.3, -0.25) is 5.32 Å². The predicted octanol–water partition coefficient (Wildman–Crippen LogP) is 3.89. The summed E-state index contributed by atoms with van der Waals surface area (Å²) in [6.45, 7) is 0. The molecule has 0 aliphatic heterocycles. The van der Waals surface area contributed by atoms with Crippen LogP contribution in [0.4, 0.5) is 16.3 Å². The van der Waals surface area contributed by atoms with Gasteiger partial charge in [-0.1, -0.05) is 30.3 Å². The number of carbonyl (C=O) groups is 1. The van der Waals surface area contributed by atoms with Gasteiger partial charge in [0.05, 0.1) is 12.6 Å². The van der Waals surface area contributed by atoms with Crippen LogP contribution in [-0.4, -0.2) is 18.1 Å². The Morgan fingerprint density at radius 2 is 1.73 bits per heavy atom. The third kappa shape index (κ3) is 2.98. The highest BCUT2D eigenvalue weighted by Crippen LogP contribution is 2.27. The number of fused-ring (bicyclic) bond motifs is 1. The van der Waals surface area contributed by atoms with Crippen molar-refractivity contribution in [3.05, 3.63) is 60.7 Å². The van der Waals surface area contributed by atoms with Gasteiger partial charge in [0.2, 0.25) is 0 Å². The summed E-state index contributed by atoms with van der Waals surface area (Å²) in [5.41, 5.74) is 1.48. The molecular formula is C17H15N3O2. The second-order valence-electron chi connectivity index (χ2n) is 4.67. The molecule has 0 aliphatic carbocycles. The Bertz CT molecular complexity index is 803. The van der Waals surface area contributed by atoms with Gasteiger partial charge in [0.15, 0.2) is 0 Å². The van der Waals surface area contributed by atoms with E-state index in [1.165, 1.54) is 0 Å². The fourth-order valence-corrected chi connectivity index (χ4v) is 2.18. The molecule has 0 atom stereocenters. The number of nitrogens with one attached hydrogen (secondary N) is 2. The van der Waals surface area contributed by atoms with Crippen LogP contribution in [0, 0.1) is 0 Å². The number of nitrogens with zero attached hydrogens (tertiary/aromatic N) is 1. The van der Waals surface area contributed by atoms with Crippen LogP contribution in [0.3, 0.4) is 0 Å². The molecule has 5 heteroatoms. The van der Waals surface area contributed by atoms with Crippen molar-refractivity contribution in [2.45, 2.75) is 0 Å². The van der Waals surface area contributed by atoms with Gasteiger partial charge in [0, 0.05) is 17.1 Å². The minimum atomic E-state index is -0.351. The number of carbonyl (C=O) groups excluding carboxylic acids is 1. The van der Waals surface area contributed by atoms with Gasteiger partial charge in [-0.15, -0.1) is 0 Å². The van der Waals surface area contributed by atoms with E-state index < -0.39 is 0 Å². The van der Waals surface area contributed by atoms with E-state index in [4.69, 9.17) is 4.74 Å². The Kier molecular flexibility index (Phi) is 3.87. The van der Waals surface area contributed by atoms with Crippen molar-refractivity contribution in [1.82, 2.24) is 4.98 Å². The summed E-state index contributed by atoms with van der Waals surface area (Å²) in [6.07, 6.45) is 0. The SMILES string of the molecule is COc1cc(NC(=O)Nc2ccccc2)nc2ccccc12. The highest BCUT2D eigenvalue weighted by Gasteiger charge is 2.08. The number of ether oxygens (including phenoxy) is 1. The number of methoxy groups -OCH3 is 1. The van der Waals surface area contributed by atoms with Crippen LogP contribution in [0.15, 0.2) is 60.7 Å². The minimum absolute atomic E-state index is 0.351. The van der Waals surface area contributed by atoms with Crippen molar-refractivity contribution < 1.29 is 9.53 Å². The summed E-state index contributed by atoms with van der Waals surface area (Å²) in [5, 5.41) is 6.36. The molecule has 110 valence electrons. The first-order valence-electron chi connectivity index (χ1n) is 6.83. The number of benzene rings is 2. The summed E-state index contributed by atoms with van der Waals surface area (Å²) in [7, 11) is 1.59. The number of para-hydroxylation sites is 2. The van der Waals surface area contributed by atoms with Crippen LogP contribution in [0.5, 0.6) is 5.75 Å². The molecule has 0 fully saturated rings. The Hall–Kier alpha value is -3.08. The smallest absolute Gasteiger partial charge is 0.324 e. The van der Waals surface area contributed by atoms with Crippen LogP contribution in [0.25, 0.3) is 10.9 Å². The van der Waals surface area contributed by atoms with Gasteiger partial charge in [-0.05, 0) is 24.3 Å². The summed E-state index contributed by atoms with van der Waals surface area (Å²) in [4.78, 5) is 16.4. The maximum Gasteiger partial charge on any atom is 0.324 e. The van der Waals surface area contributed by atoms with Crippen molar-refractivity contribution in [1.29, 1.82) is 0 Å². The Morgan fingerprint density at radius 3 is 2.50 bits per heavy atom. The van der Waals surface area contributed by atoms with Crippen molar-refractivity contribution >= 4 is 28.4 Å². The lowest BCUT2D eigenvalue weighted by Crippen LogP contribution is -2.20. The highest BCUT2D eigenvalue weighted by atomic mass is 16.5. The van der Waals surface area contributed by atoms with Crippen LogP contribution in [-0.2, 0) is 0 Å². The van der Waals surface area contributed by atoms with Crippen molar-refractivity contribution in [2.75, 3.05) is 17.7 Å². The molecule has 2 amide bonds. The Balaban J connectivity index is 1.83. The van der Waals surface area contributed by atoms with Crippen molar-refractivity contribution in [3.8, 4) is 5.75 Å². The van der Waals surface area contributed by atoms with E-state index in [-0.39, 0.29) is 6.03 Å². The fourth-order valence-electron chi connectivity index (χ4n) is 2.18. The first kappa shape index (κ1) is 13.9. The summed E-state index contributed by atoms with van der Waals surface area (Å²) in [5.74, 6) is 1.10. The zero-order valence-electron chi connectivity index (χ0n) is 12.0. The first-order valence-corrected chi connectivity index (χ1v) is 6.83. The van der Waals surface area contributed by atoms with E-state index in [1.807, 2.05) is 54.6 Å². The molecule has 1 aromatic heterocycles. The predicted molar refractivity (Wildman–Crippen MR) is 87.4 cm³/mol. The van der Waals surface area contributed by atoms with Crippen LogP contribution < -0.4 is 15.4 Å². The number of anilines is 2. The summed E-state index contributed by atoms with van der Waals surface area (Å²) < 4.78 is 5.36. The lowest BCUT2D eigenvalue weighted by atomic mass is 10.2. The van der Waals surface area contributed by atoms with Gasteiger partial charge in [0.1, 0.15) is 11.6 Å². The summed E-state index contributed by atoms with van der Waals surface area (Å²) in [6, 6.07) is 18.2. The number of hydrogen-bond donors (Lipinski definition) is 2. The molecule has 1 heterocycles. The van der Waals surface area contributed by atoms with Gasteiger partial charge in [0.25, 0.3) is 0 Å². The van der Waals surface area contributed by atoms with Gasteiger partial charge in [-0.2, -0.15) is 0 Å². The second kappa shape index (κ2) is 6.13. The molecule has 2 aromatic carbocycles. The van der Waals surface area contributed by atoms with E-state index in [9.17, 15) is 4.79 Å². The zero-order chi connectivity index (χ0) is 15.4. The lowest BCUT2D eigenvalue weighted by Gasteiger charge is -2.10. The topological polar surface area (TPSA) is 63.2 Å². The minimum Gasteiger partial charge on any atom is -0.496 e. The van der Waals surface area contributed by atoms with Crippen molar-refractivity contribution in [2.24, 2.45) is 0 Å². The molecule has 0 aliphatic rings. The number of aromatic nitrogens is 1. The normalized spacial score (nSPS) is 10.2. The van der Waals surface area contributed by atoms with E-state index in [0.29, 0.717) is 17.3 Å². The van der Waals surface area contributed by atoms with Gasteiger partial charge in [-0.25, -0.2) is 9.78 Å². The quantitative estimate of drug-likeness (QED) is 0.770. The molecule has 2 N–H and O–H groups in total. The van der Waals surface area contributed by atoms with Crippen LogP contribution >= 0.6 is 0 Å². The molecule has 0 saturated heterocycles. The zero-order valence-corrected chi connectivity index (χ0v) is 12.0. The van der Waals surface area contributed by atoms with Gasteiger partial charge < -0.3 is 10.1 Å². The van der Waals surface area contributed by atoms with Crippen LogP contribution in [0.2, 0.25) is 0 Å². The highest BCUT2D eigenvalue weighted by molar-refractivity contribution is 6.00. The molecule has 3 rings (SSSR count). The molecule has 0 spiro atoms. The average molecular weight is 293 g/mol. The maximum atomic E-state index is 12.0. The fraction of sp³-hybridized carbons (Fsp3) is 0.0588. The standard InChI is InChI=1S/C17H15N3O2/c1-22-15-11-16(19-14-10-6-5-9-13(14)15)20-17(21)18-12-7-3-2-4-8-12/h2-11H,1H3,(H2,18,19,20,21). The van der Waals surface area contributed by atoms with E-state index in [0.717, 1.165) is 10.9 Å². The van der Waals surface area contributed by atoms with E-state index in [1.54, 1.807) is 13.2 Å². The largest absolute Gasteiger partial charge is 0.496 e. The van der Waals surface area contributed by atoms with Crippen LogP contribution in [0.1, 0.15) is 0 Å². The lowest BCUT2D eigenvalue weighted by molar-refractivity contribution is 0.262. The second-order valence-corrected chi connectivity index (χ2v) is 4.67. The monoisotopic (exact) mass is 293 g/mol. The molecule has 0 bridgehead atoms. The molecule has 22 heavy (non-hydrogen) atoms.